The van der Waals surface area contributed by atoms with Gasteiger partial charge >= 0.3 is 0 Å². The van der Waals surface area contributed by atoms with Gasteiger partial charge in [-0.2, -0.15) is 0 Å². The highest BCUT2D eigenvalue weighted by Crippen LogP contribution is 2.54. The first-order valence-corrected chi connectivity index (χ1v) is 8.29. The summed E-state index contributed by atoms with van der Waals surface area (Å²) >= 11 is 0. The maximum atomic E-state index is 10.9. The molecule has 1 heterocycles. The molecule has 1 spiro atoms. The second kappa shape index (κ2) is 6.07. The van der Waals surface area contributed by atoms with Crippen LogP contribution in [-0.4, -0.2) is 27.7 Å². The zero-order valence-electron chi connectivity index (χ0n) is 12.6. The molecule has 116 valence electrons. The van der Waals surface area contributed by atoms with Crippen molar-refractivity contribution in [3.8, 4) is 0 Å². The molecule has 0 radical (unpaired) electrons. The van der Waals surface area contributed by atoms with E-state index in [0.29, 0.717) is 0 Å². The van der Waals surface area contributed by atoms with Gasteiger partial charge in [0.25, 0.3) is 0 Å². The SMILES string of the molecule is OC1OC12CCCCC2(O)CCCCCc1ccccc1. The lowest BCUT2D eigenvalue weighted by Crippen LogP contribution is -2.49. The first kappa shape index (κ1) is 15.0. The van der Waals surface area contributed by atoms with Gasteiger partial charge in [0.1, 0.15) is 0 Å². The highest BCUT2D eigenvalue weighted by Gasteiger charge is 2.68. The Morgan fingerprint density at radius 3 is 2.48 bits per heavy atom. The second-order valence-electron chi connectivity index (χ2n) is 6.64. The summed E-state index contributed by atoms with van der Waals surface area (Å²) in [5.41, 5.74) is -0.0615. The Morgan fingerprint density at radius 1 is 1.05 bits per heavy atom. The molecule has 1 aliphatic carbocycles. The number of rotatable bonds is 6. The lowest BCUT2D eigenvalue weighted by molar-refractivity contribution is -0.0749. The number of aliphatic hydroxyl groups is 2. The van der Waals surface area contributed by atoms with Crippen molar-refractivity contribution in [3.63, 3.8) is 0 Å². The van der Waals surface area contributed by atoms with Crippen LogP contribution in [0.1, 0.15) is 56.9 Å². The van der Waals surface area contributed by atoms with E-state index in [1.54, 1.807) is 0 Å². The number of hydrogen-bond acceptors (Lipinski definition) is 3. The molecular formula is C18H26O3. The molecule has 3 unspecified atom stereocenters. The van der Waals surface area contributed by atoms with E-state index in [-0.39, 0.29) is 0 Å². The fourth-order valence-electron chi connectivity index (χ4n) is 3.84. The third kappa shape index (κ3) is 3.01. The Labute approximate surface area is 127 Å². The molecule has 2 N–H and O–H groups in total. The van der Waals surface area contributed by atoms with Gasteiger partial charge in [-0.3, -0.25) is 0 Å². The number of unbranched alkanes of at least 4 members (excludes halogenated alkanes) is 2. The van der Waals surface area contributed by atoms with Crippen molar-refractivity contribution in [2.45, 2.75) is 75.3 Å². The first-order chi connectivity index (χ1) is 10.2. The molecule has 21 heavy (non-hydrogen) atoms. The molecular weight excluding hydrogens is 264 g/mol. The number of ether oxygens (including phenoxy) is 1. The van der Waals surface area contributed by atoms with Crippen LogP contribution in [0.2, 0.25) is 0 Å². The molecule has 1 saturated heterocycles. The topological polar surface area (TPSA) is 53.0 Å². The lowest BCUT2D eigenvalue weighted by atomic mass is 9.72. The number of aliphatic hydroxyl groups excluding tert-OH is 1. The van der Waals surface area contributed by atoms with Gasteiger partial charge in [-0.15, -0.1) is 0 Å². The van der Waals surface area contributed by atoms with E-state index in [1.807, 2.05) is 6.07 Å². The summed E-state index contributed by atoms with van der Waals surface area (Å²) < 4.78 is 5.39. The van der Waals surface area contributed by atoms with Crippen LogP contribution in [0, 0.1) is 0 Å². The van der Waals surface area contributed by atoms with Gasteiger partial charge < -0.3 is 14.9 Å². The predicted octanol–water partition coefficient (Wildman–Crippen LogP) is 3.18. The van der Waals surface area contributed by atoms with E-state index in [2.05, 4.69) is 24.3 Å². The average Bonchev–Trinajstić information content (AvgIpc) is 3.15. The monoisotopic (exact) mass is 290 g/mol. The average molecular weight is 290 g/mol. The van der Waals surface area contributed by atoms with Gasteiger partial charge in [0.15, 0.2) is 11.9 Å². The standard InChI is InChI=1S/C18H26O3/c19-16-18(21-16)14-8-7-13-17(18,20)12-6-2-5-11-15-9-3-1-4-10-15/h1,3-4,9-10,16,19-20H,2,5-8,11-14H2. The van der Waals surface area contributed by atoms with E-state index < -0.39 is 17.5 Å². The maximum absolute atomic E-state index is 10.9. The summed E-state index contributed by atoms with van der Waals surface area (Å²) in [7, 11) is 0. The molecule has 3 nitrogen and oxygen atoms in total. The van der Waals surface area contributed by atoms with Crippen LogP contribution in [0.15, 0.2) is 30.3 Å². The van der Waals surface area contributed by atoms with Crippen molar-refractivity contribution in [1.29, 1.82) is 0 Å². The first-order valence-electron chi connectivity index (χ1n) is 8.29. The summed E-state index contributed by atoms with van der Waals surface area (Å²) in [6, 6.07) is 10.5. The smallest absolute Gasteiger partial charge is 0.188 e. The number of epoxide rings is 1. The van der Waals surface area contributed by atoms with E-state index >= 15 is 0 Å². The molecule has 2 aliphatic rings. The largest absolute Gasteiger partial charge is 0.387 e. The van der Waals surface area contributed by atoms with Crippen LogP contribution < -0.4 is 0 Å². The minimum atomic E-state index is -0.808. The van der Waals surface area contributed by atoms with Crippen LogP contribution in [-0.2, 0) is 11.2 Å². The van der Waals surface area contributed by atoms with Crippen LogP contribution in [0.3, 0.4) is 0 Å². The Bertz CT molecular complexity index is 461. The Kier molecular flexibility index (Phi) is 4.34. The van der Waals surface area contributed by atoms with E-state index in [1.165, 1.54) is 5.56 Å². The fourth-order valence-corrected chi connectivity index (χ4v) is 3.84. The normalized spacial score (nSPS) is 35.0. The molecule has 3 heteroatoms. The predicted molar refractivity (Wildman–Crippen MR) is 81.9 cm³/mol. The number of hydrogen-bond donors (Lipinski definition) is 2. The van der Waals surface area contributed by atoms with Gasteiger partial charge in [-0.25, -0.2) is 0 Å². The van der Waals surface area contributed by atoms with Crippen LogP contribution in [0.25, 0.3) is 0 Å². The summed E-state index contributed by atoms with van der Waals surface area (Å²) in [4.78, 5) is 0. The summed E-state index contributed by atoms with van der Waals surface area (Å²) in [6.45, 7) is 0. The van der Waals surface area contributed by atoms with Crippen molar-refractivity contribution in [2.24, 2.45) is 0 Å². The number of aryl methyl sites for hydroxylation is 1. The molecule has 2 fully saturated rings. The van der Waals surface area contributed by atoms with Gasteiger partial charge in [0.2, 0.25) is 0 Å². The molecule has 0 bridgehead atoms. The molecule has 1 aromatic carbocycles. The van der Waals surface area contributed by atoms with E-state index in [9.17, 15) is 10.2 Å². The van der Waals surface area contributed by atoms with Crippen molar-refractivity contribution < 1.29 is 14.9 Å². The lowest BCUT2D eigenvalue weighted by Gasteiger charge is -2.38. The highest BCUT2D eigenvalue weighted by atomic mass is 16.7. The third-order valence-corrected chi connectivity index (χ3v) is 5.24. The number of benzene rings is 1. The van der Waals surface area contributed by atoms with Gasteiger partial charge in [0, 0.05) is 0 Å². The van der Waals surface area contributed by atoms with Crippen LogP contribution in [0.5, 0.6) is 0 Å². The van der Waals surface area contributed by atoms with Gasteiger partial charge in [-0.05, 0) is 37.7 Å². The minimum absolute atomic E-state index is 0.634. The van der Waals surface area contributed by atoms with Crippen LogP contribution >= 0.6 is 0 Å². The Hall–Kier alpha value is -0.900. The highest BCUT2D eigenvalue weighted by molar-refractivity contribution is 5.15. The minimum Gasteiger partial charge on any atom is -0.387 e. The molecule has 1 saturated carbocycles. The van der Waals surface area contributed by atoms with Crippen molar-refractivity contribution in [3.05, 3.63) is 35.9 Å². The summed E-state index contributed by atoms with van der Waals surface area (Å²) in [6.07, 6.45) is 8.03. The quantitative estimate of drug-likeness (QED) is 0.625. The van der Waals surface area contributed by atoms with Crippen molar-refractivity contribution >= 4 is 0 Å². The molecule has 1 aromatic rings. The third-order valence-electron chi connectivity index (χ3n) is 5.24. The zero-order valence-corrected chi connectivity index (χ0v) is 12.6. The van der Waals surface area contributed by atoms with Gasteiger partial charge in [-0.1, -0.05) is 56.0 Å². The van der Waals surface area contributed by atoms with E-state index in [4.69, 9.17) is 4.74 Å². The molecule has 0 aromatic heterocycles. The van der Waals surface area contributed by atoms with Crippen molar-refractivity contribution in [2.75, 3.05) is 0 Å². The summed E-state index contributed by atoms with van der Waals surface area (Å²) in [5.74, 6) is 0. The van der Waals surface area contributed by atoms with Gasteiger partial charge in [0.05, 0.1) is 5.60 Å². The van der Waals surface area contributed by atoms with Crippen molar-refractivity contribution in [1.82, 2.24) is 0 Å². The Morgan fingerprint density at radius 2 is 1.76 bits per heavy atom. The molecule has 3 atom stereocenters. The van der Waals surface area contributed by atoms with Crippen LogP contribution in [0.4, 0.5) is 0 Å². The Balaban J connectivity index is 1.42. The zero-order chi connectivity index (χ0) is 14.8. The van der Waals surface area contributed by atoms with E-state index in [0.717, 1.165) is 57.8 Å². The fraction of sp³-hybridized carbons (Fsp3) is 0.667. The maximum Gasteiger partial charge on any atom is 0.188 e. The molecule has 1 aliphatic heterocycles. The second-order valence-corrected chi connectivity index (χ2v) is 6.64. The molecule has 3 rings (SSSR count). The molecule has 0 amide bonds. The summed E-state index contributed by atoms with van der Waals surface area (Å²) in [5, 5.41) is 20.6.